The van der Waals surface area contributed by atoms with Gasteiger partial charge in [-0.2, -0.15) is 0 Å². The van der Waals surface area contributed by atoms with E-state index in [1.165, 1.54) is 10.5 Å². The number of hydrogen-bond acceptors (Lipinski definition) is 2. The number of pyridine rings is 1. The summed E-state index contributed by atoms with van der Waals surface area (Å²) in [5.41, 5.74) is 1.40. The third kappa shape index (κ3) is 1.49. The van der Waals surface area contributed by atoms with Crippen LogP contribution in [-0.2, 0) is 5.33 Å². The van der Waals surface area contributed by atoms with Crippen molar-refractivity contribution in [2.75, 3.05) is 0 Å². The van der Waals surface area contributed by atoms with Gasteiger partial charge in [-0.1, -0.05) is 22.0 Å². The fourth-order valence-corrected chi connectivity index (χ4v) is 1.46. The third-order valence-corrected chi connectivity index (χ3v) is 2.34. The van der Waals surface area contributed by atoms with Gasteiger partial charge < -0.3 is 0 Å². The Hall–Kier alpha value is -1.16. The number of alkyl halides is 1. The summed E-state index contributed by atoms with van der Waals surface area (Å²) in [6, 6.07) is 7.01. The Morgan fingerprint density at radius 2 is 2.31 bits per heavy atom. The first-order valence-electron chi connectivity index (χ1n) is 3.84. The van der Waals surface area contributed by atoms with Gasteiger partial charge in [-0.3, -0.25) is 9.20 Å². The van der Waals surface area contributed by atoms with Crippen LogP contribution >= 0.6 is 15.9 Å². The van der Waals surface area contributed by atoms with E-state index < -0.39 is 0 Å². The van der Waals surface area contributed by atoms with E-state index in [4.69, 9.17) is 0 Å². The molecule has 2 aromatic heterocycles. The van der Waals surface area contributed by atoms with E-state index in [2.05, 4.69) is 20.9 Å². The van der Waals surface area contributed by atoms with Gasteiger partial charge in [0.05, 0.1) is 5.69 Å². The van der Waals surface area contributed by atoms with Crippen molar-refractivity contribution in [3.05, 3.63) is 46.5 Å². The number of fused-ring (bicyclic) bond motifs is 1. The molecule has 0 saturated carbocycles. The summed E-state index contributed by atoms with van der Waals surface area (Å²) in [4.78, 5) is 15.7. The van der Waals surface area contributed by atoms with Gasteiger partial charge in [-0.15, -0.1) is 0 Å². The Balaban J connectivity index is 2.85. The van der Waals surface area contributed by atoms with Gasteiger partial charge in [-0.05, 0) is 12.1 Å². The van der Waals surface area contributed by atoms with Gasteiger partial charge in [0, 0.05) is 17.6 Å². The van der Waals surface area contributed by atoms with Crippen LogP contribution in [0.25, 0.3) is 5.65 Å². The van der Waals surface area contributed by atoms with Gasteiger partial charge >= 0.3 is 0 Å². The standard InChI is InChI=1S/C9H7BrN2O/c10-6-7-5-9(13)12-4-2-1-3-8(12)11-7/h1-5H,6H2. The molecule has 2 rings (SSSR count). The van der Waals surface area contributed by atoms with Gasteiger partial charge in [0.1, 0.15) is 5.65 Å². The molecule has 0 N–H and O–H groups in total. The molecule has 0 aliphatic rings. The Morgan fingerprint density at radius 1 is 1.46 bits per heavy atom. The highest BCUT2D eigenvalue weighted by atomic mass is 79.9. The van der Waals surface area contributed by atoms with Crippen LogP contribution in [0.15, 0.2) is 35.3 Å². The van der Waals surface area contributed by atoms with E-state index >= 15 is 0 Å². The monoisotopic (exact) mass is 238 g/mol. The molecule has 0 bridgehead atoms. The van der Waals surface area contributed by atoms with Gasteiger partial charge in [0.15, 0.2) is 0 Å². The maximum absolute atomic E-state index is 11.5. The molecule has 13 heavy (non-hydrogen) atoms. The van der Waals surface area contributed by atoms with Crippen LogP contribution < -0.4 is 5.56 Å². The normalized spacial score (nSPS) is 10.5. The van der Waals surface area contributed by atoms with Crippen molar-refractivity contribution in [3.63, 3.8) is 0 Å². The summed E-state index contributed by atoms with van der Waals surface area (Å²) in [5.74, 6) is 0. The average molecular weight is 239 g/mol. The lowest BCUT2D eigenvalue weighted by atomic mass is 10.4. The Bertz CT molecular complexity index is 492. The number of aromatic nitrogens is 2. The maximum atomic E-state index is 11.5. The Labute approximate surface area is 83.2 Å². The van der Waals surface area contributed by atoms with Crippen molar-refractivity contribution in [1.29, 1.82) is 0 Å². The highest BCUT2D eigenvalue weighted by molar-refractivity contribution is 9.08. The van der Waals surface area contributed by atoms with Crippen LogP contribution in [0.1, 0.15) is 5.69 Å². The van der Waals surface area contributed by atoms with E-state index in [0.29, 0.717) is 11.0 Å². The van der Waals surface area contributed by atoms with Crippen LogP contribution in [0.4, 0.5) is 0 Å². The second-order valence-corrected chi connectivity index (χ2v) is 3.21. The molecule has 0 unspecified atom stereocenters. The predicted octanol–water partition coefficient (Wildman–Crippen LogP) is 1.59. The van der Waals surface area contributed by atoms with Crippen molar-refractivity contribution in [1.82, 2.24) is 9.38 Å². The first-order chi connectivity index (χ1) is 6.31. The van der Waals surface area contributed by atoms with Crippen LogP contribution in [0.2, 0.25) is 0 Å². The first kappa shape index (κ1) is 8.44. The molecule has 0 atom stereocenters. The molecule has 0 aliphatic carbocycles. The first-order valence-corrected chi connectivity index (χ1v) is 4.97. The topological polar surface area (TPSA) is 34.4 Å². The van der Waals surface area contributed by atoms with Crippen LogP contribution in [0, 0.1) is 0 Å². The van der Waals surface area contributed by atoms with Crippen molar-refractivity contribution < 1.29 is 0 Å². The van der Waals surface area contributed by atoms with Crippen LogP contribution in [-0.4, -0.2) is 9.38 Å². The lowest BCUT2D eigenvalue weighted by molar-refractivity contribution is 1.01. The molecule has 0 aromatic carbocycles. The van der Waals surface area contributed by atoms with E-state index in [1.807, 2.05) is 18.2 Å². The fraction of sp³-hybridized carbons (Fsp3) is 0.111. The number of hydrogen-bond donors (Lipinski definition) is 0. The lowest BCUT2D eigenvalue weighted by Gasteiger charge is -1.99. The van der Waals surface area contributed by atoms with Crippen molar-refractivity contribution in [3.8, 4) is 0 Å². The largest absolute Gasteiger partial charge is 0.269 e. The highest BCUT2D eigenvalue weighted by Gasteiger charge is 1.98. The van der Waals surface area contributed by atoms with Crippen molar-refractivity contribution in [2.24, 2.45) is 0 Å². The smallest absolute Gasteiger partial charge is 0.258 e. The van der Waals surface area contributed by atoms with E-state index in [-0.39, 0.29) is 5.56 Å². The second kappa shape index (κ2) is 3.30. The summed E-state index contributed by atoms with van der Waals surface area (Å²) in [6.45, 7) is 0. The van der Waals surface area contributed by atoms with Crippen LogP contribution in [0.5, 0.6) is 0 Å². The highest BCUT2D eigenvalue weighted by Crippen LogP contribution is 2.01. The zero-order valence-electron chi connectivity index (χ0n) is 6.77. The number of rotatable bonds is 1. The molecule has 2 aromatic rings. The van der Waals surface area contributed by atoms with Crippen LogP contribution in [0.3, 0.4) is 0 Å². The molecule has 3 nitrogen and oxygen atoms in total. The molecule has 4 heteroatoms. The van der Waals surface area contributed by atoms with E-state index in [1.54, 1.807) is 6.20 Å². The third-order valence-electron chi connectivity index (χ3n) is 1.76. The minimum absolute atomic E-state index is 0.0416. The maximum Gasteiger partial charge on any atom is 0.258 e. The summed E-state index contributed by atoms with van der Waals surface area (Å²) in [6.07, 6.45) is 1.71. The molecular weight excluding hydrogens is 232 g/mol. The molecular formula is C9H7BrN2O. The SMILES string of the molecule is O=c1cc(CBr)nc2ccccn12. The molecule has 0 aliphatic heterocycles. The molecule has 0 fully saturated rings. The Kier molecular flexibility index (Phi) is 2.14. The predicted molar refractivity (Wildman–Crippen MR) is 54.1 cm³/mol. The number of halogens is 1. The van der Waals surface area contributed by atoms with Gasteiger partial charge in [0.2, 0.25) is 0 Å². The zero-order valence-corrected chi connectivity index (χ0v) is 8.36. The summed E-state index contributed by atoms with van der Waals surface area (Å²) in [5, 5.41) is 0.605. The van der Waals surface area contributed by atoms with E-state index in [0.717, 1.165) is 5.69 Å². The van der Waals surface area contributed by atoms with E-state index in [9.17, 15) is 4.79 Å². The zero-order chi connectivity index (χ0) is 9.26. The second-order valence-electron chi connectivity index (χ2n) is 2.65. The summed E-state index contributed by atoms with van der Waals surface area (Å²) < 4.78 is 1.52. The fourth-order valence-electron chi connectivity index (χ4n) is 1.17. The molecule has 0 saturated heterocycles. The van der Waals surface area contributed by atoms with Gasteiger partial charge in [-0.25, -0.2) is 4.98 Å². The minimum atomic E-state index is -0.0416. The average Bonchev–Trinajstić information content (AvgIpc) is 2.18. The molecule has 0 radical (unpaired) electrons. The minimum Gasteiger partial charge on any atom is -0.269 e. The molecule has 0 spiro atoms. The quantitative estimate of drug-likeness (QED) is 0.708. The summed E-state index contributed by atoms with van der Waals surface area (Å²) >= 11 is 3.27. The van der Waals surface area contributed by atoms with Crippen molar-refractivity contribution >= 4 is 21.6 Å². The lowest BCUT2D eigenvalue weighted by Crippen LogP contribution is -2.14. The van der Waals surface area contributed by atoms with Gasteiger partial charge in [0.25, 0.3) is 5.56 Å². The summed E-state index contributed by atoms with van der Waals surface area (Å²) in [7, 11) is 0. The molecule has 0 amide bonds. The molecule has 2 heterocycles. The number of nitrogens with zero attached hydrogens (tertiary/aromatic N) is 2. The molecule has 66 valence electrons. The Morgan fingerprint density at radius 3 is 3.08 bits per heavy atom. The van der Waals surface area contributed by atoms with Crippen molar-refractivity contribution in [2.45, 2.75) is 5.33 Å².